The van der Waals surface area contributed by atoms with Gasteiger partial charge in [0.15, 0.2) is 0 Å². The summed E-state index contributed by atoms with van der Waals surface area (Å²) in [7, 11) is 0. The topological polar surface area (TPSA) is 57.6 Å². The summed E-state index contributed by atoms with van der Waals surface area (Å²) >= 11 is 0. The maximum Gasteiger partial charge on any atom is 0.307 e. The van der Waals surface area contributed by atoms with Crippen molar-refractivity contribution in [2.24, 2.45) is 23.7 Å². The van der Waals surface area contributed by atoms with E-state index in [2.05, 4.69) is 0 Å². The van der Waals surface area contributed by atoms with Crippen LogP contribution in [0.25, 0.3) is 0 Å². The molecule has 2 fully saturated rings. The van der Waals surface area contributed by atoms with Crippen LogP contribution in [0.5, 0.6) is 0 Å². The van der Waals surface area contributed by atoms with Gasteiger partial charge in [0.05, 0.1) is 11.8 Å². The minimum Gasteiger partial charge on any atom is -0.481 e. The van der Waals surface area contributed by atoms with Gasteiger partial charge in [0.1, 0.15) is 0 Å². The Kier molecular flexibility index (Phi) is 2.45. The molecule has 2 aliphatic carbocycles. The number of hydrogen-bond donors (Lipinski definition) is 1. The molecule has 17 heavy (non-hydrogen) atoms. The van der Waals surface area contributed by atoms with Crippen LogP contribution in [0.1, 0.15) is 19.3 Å². The van der Waals surface area contributed by atoms with Crippen LogP contribution in [0.15, 0.2) is 12.2 Å². The third-order valence-electron chi connectivity index (χ3n) is 4.45. The molecule has 0 spiro atoms. The summed E-state index contributed by atoms with van der Waals surface area (Å²) in [6.07, 6.45) is 6.99. The van der Waals surface area contributed by atoms with Crippen molar-refractivity contribution in [1.29, 1.82) is 0 Å². The van der Waals surface area contributed by atoms with Crippen molar-refractivity contribution >= 4 is 11.9 Å². The van der Waals surface area contributed by atoms with Crippen molar-refractivity contribution in [3.63, 3.8) is 0 Å². The number of amides is 1. The summed E-state index contributed by atoms with van der Waals surface area (Å²) in [5, 5.41) is 9.29. The lowest BCUT2D eigenvalue weighted by Gasteiger charge is -2.28. The molecule has 1 saturated heterocycles. The number of carboxylic acids is 1. The van der Waals surface area contributed by atoms with Crippen LogP contribution < -0.4 is 0 Å². The number of carbonyl (C=O) groups excluding carboxylic acids is 1. The summed E-state index contributed by atoms with van der Waals surface area (Å²) in [4.78, 5) is 25.6. The molecule has 4 atom stereocenters. The molecule has 0 aromatic rings. The highest BCUT2D eigenvalue weighted by molar-refractivity contribution is 5.87. The van der Waals surface area contributed by atoms with E-state index in [-0.39, 0.29) is 23.7 Å². The van der Waals surface area contributed by atoms with E-state index in [1.807, 2.05) is 17.1 Å². The van der Waals surface area contributed by atoms with E-state index in [1.54, 1.807) is 0 Å². The Hall–Kier alpha value is -1.32. The lowest BCUT2D eigenvalue weighted by Crippen LogP contribution is -2.41. The lowest BCUT2D eigenvalue weighted by atomic mass is 9.82. The molecule has 1 N–H and O–H groups in total. The molecule has 92 valence electrons. The molecule has 3 rings (SSSR count). The maximum atomic E-state index is 12.4. The van der Waals surface area contributed by atoms with E-state index in [9.17, 15) is 14.7 Å². The zero-order valence-electron chi connectivity index (χ0n) is 9.71. The van der Waals surface area contributed by atoms with E-state index < -0.39 is 11.9 Å². The summed E-state index contributed by atoms with van der Waals surface area (Å²) in [5.41, 5.74) is 0. The minimum absolute atomic E-state index is 0.0757. The van der Waals surface area contributed by atoms with Gasteiger partial charge in [-0.25, -0.2) is 0 Å². The Balaban J connectivity index is 1.83. The van der Waals surface area contributed by atoms with E-state index >= 15 is 0 Å². The molecule has 0 radical (unpaired) electrons. The SMILES string of the molecule is O=C(O)[C@@H]1[C@@H](C(=O)N2CCCC2)[C@@H]2C=C[C@@H]1C2. The third kappa shape index (κ3) is 1.58. The molecule has 3 aliphatic rings. The van der Waals surface area contributed by atoms with Crippen LogP contribution >= 0.6 is 0 Å². The van der Waals surface area contributed by atoms with Gasteiger partial charge in [0, 0.05) is 13.1 Å². The Morgan fingerprint density at radius 3 is 2.24 bits per heavy atom. The fourth-order valence-corrected chi connectivity index (χ4v) is 3.64. The predicted molar refractivity (Wildman–Crippen MR) is 61.2 cm³/mol. The fourth-order valence-electron chi connectivity index (χ4n) is 3.64. The summed E-state index contributed by atoms with van der Waals surface area (Å²) < 4.78 is 0. The number of hydrogen-bond acceptors (Lipinski definition) is 2. The maximum absolute atomic E-state index is 12.4. The fraction of sp³-hybridized carbons (Fsp3) is 0.692. The standard InChI is InChI=1S/C13H17NO3/c15-12(14-5-1-2-6-14)10-8-3-4-9(7-8)11(10)13(16)17/h3-4,8-11H,1-2,5-7H2,(H,16,17)/t8-,9-,10+,11+/m1/s1. The Morgan fingerprint density at radius 1 is 1.06 bits per heavy atom. The molecule has 0 aromatic heterocycles. The second-order valence-corrected chi connectivity index (χ2v) is 5.37. The first-order valence-corrected chi connectivity index (χ1v) is 6.38. The Labute approximate surface area is 100 Å². The van der Waals surface area contributed by atoms with Gasteiger partial charge in [-0.05, 0) is 31.1 Å². The monoisotopic (exact) mass is 235 g/mol. The summed E-state index contributed by atoms with van der Waals surface area (Å²) in [5.74, 6) is -1.28. The van der Waals surface area contributed by atoms with Gasteiger partial charge in [-0.3, -0.25) is 9.59 Å². The van der Waals surface area contributed by atoms with Crippen molar-refractivity contribution in [2.45, 2.75) is 19.3 Å². The highest BCUT2D eigenvalue weighted by Gasteiger charge is 2.52. The number of carbonyl (C=O) groups is 2. The molecule has 0 unspecified atom stereocenters. The van der Waals surface area contributed by atoms with Gasteiger partial charge in [0.2, 0.25) is 5.91 Å². The molecule has 4 nitrogen and oxygen atoms in total. The number of likely N-dealkylation sites (tertiary alicyclic amines) is 1. The van der Waals surface area contributed by atoms with E-state index in [0.717, 1.165) is 32.4 Å². The second kappa shape index (κ2) is 3.86. The number of carboxylic acid groups (broad SMARTS) is 1. The van der Waals surface area contributed by atoms with Gasteiger partial charge in [-0.2, -0.15) is 0 Å². The van der Waals surface area contributed by atoms with Crippen LogP contribution in [-0.2, 0) is 9.59 Å². The Morgan fingerprint density at radius 2 is 1.65 bits per heavy atom. The van der Waals surface area contributed by atoms with E-state index in [0.29, 0.717) is 0 Å². The summed E-state index contributed by atoms with van der Waals surface area (Å²) in [6.45, 7) is 1.62. The molecule has 4 heteroatoms. The normalized spacial score (nSPS) is 38.9. The number of aliphatic carboxylic acids is 1. The van der Waals surface area contributed by atoms with E-state index in [4.69, 9.17) is 0 Å². The van der Waals surface area contributed by atoms with Crippen LogP contribution in [0, 0.1) is 23.7 Å². The van der Waals surface area contributed by atoms with E-state index in [1.165, 1.54) is 0 Å². The third-order valence-corrected chi connectivity index (χ3v) is 4.45. The van der Waals surface area contributed by atoms with Crippen LogP contribution in [-0.4, -0.2) is 35.0 Å². The summed E-state index contributed by atoms with van der Waals surface area (Å²) in [6, 6.07) is 0. The van der Waals surface area contributed by atoms with Crippen molar-refractivity contribution in [3.05, 3.63) is 12.2 Å². The quantitative estimate of drug-likeness (QED) is 0.730. The van der Waals surface area contributed by atoms with Crippen LogP contribution in [0.3, 0.4) is 0 Å². The highest BCUT2D eigenvalue weighted by atomic mass is 16.4. The number of fused-ring (bicyclic) bond motifs is 2. The first-order chi connectivity index (χ1) is 8.18. The predicted octanol–water partition coefficient (Wildman–Crippen LogP) is 1.13. The molecule has 1 saturated carbocycles. The van der Waals surface area contributed by atoms with Gasteiger partial charge in [-0.1, -0.05) is 12.2 Å². The average molecular weight is 235 g/mol. The van der Waals surface area contributed by atoms with Crippen LogP contribution in [0.2, 0.25) is 0 Å². The molecular weight excluding hydrogens is 218 g/mol. The first kappa shape index (κ1) is 10.8. The number of nitrogens with zero attached hydrogens (tertiary/aromatic N) is 1. The van der Waals surface area contributed by atoms with Gasteiger partial charge in [-0.15, -0.1) is 0 Å². The molecule has 2 bridgehead atoms. The molecule has 1 amide bonds. The first-order valence-electron chi connectivity index (χ1n) is 6.38. The molecular formula is C13H17NO3. The largest absolute Gasteiger partial charge is 0.481 e. The van der Waals surface area contributed by atoms with Crippen molar-refractivity contribution in [2.75, 3.05) is 13.1 Å². The molecule has 0 aromatic carbocycles. The zero-order valence-corrected chi connectivity index (χ0v) is 9.71. The highest BCUT2D eigenvalue weighted by Crippen LogP contribution is 2.48. The van der Waals surface area contributed by atoms with Crippen molar-refractivity contribution in [3.8, 4) is 0 Å². The molecule has 1 aliphatic heterocycles. The van der Waals surface area contributed by atoms with Crippen molar-refractivity contribution < 1.29 is 14.7 Å². The van der Waals surface area contributed by atoms with Gasteiger partial charge < -0.3 is 10.0 Å². The number of rotatable bonds is 2. The average Bonchev–Trinajstić information content (AvgIpc) is 3.02. The lowest BCUT2D eigenvalue weighted by molar-refractivity contribution is -0.150. The Bertz CT molecular complexity index is 384. The zero-order chi connectivity index (χ0) is 12.0. The van der Waals surface area contributed by atoms with Gasteiger partial charge >= 0.3 is 5.97 Å². The molecule has 1 heterocycles. The second-order valence-electron chi connectivity index (χ2n) is 5.37. The van der Waals surface area contributed by atoms with Crippen molar-refractivity contribution in [1.82, 2.24) is 4.90 Å². The minimum atomic E-state index is -0.806. The number of allylic oxidation sites excluding steroid dienone is 2. The van der Waals surface area contributed by atoms with Gasteiger partial charge in [0.25, 0.3) is 0 Å². The smallest absolute Gasteiger partial charge is 0.307 e. The van der Waals surface area contributed by atoms with Crippen LogP contribution in [0.4, 0.5) is 0 Å².